The Hall–Kier alpha value is -1.78. The van der Waals surface area contributed by atoms with E-state index in [1.807, 2.05) is 0 Å². The van der Waals surface area contributed by atoms with Crippen LogP contribution in [0.2, 0.25) is 10.0 Å². The molecule has 0 bridgehead atoms. The average Bonchev–Trinajstić information content (AvgIpc) is 2.48. The average molecular weight is 312 g/mol. The van der Waals surface area contributed by atoms with Crippen molar-refractivity contribution in [3.8, 4) is 5.75 Å². The van der Waals surface area contributed by atoms with Crippen molar-refractivity contribution in [3.63, 3.8) is 0 Å². The number of hydrogen-bond donors (Lipinski definition) is 0. The summed E-state index contributed by atoms with van der Waals surface area (Å²) < 4.78 is 10.1. The van der Waals surface area contributed by atoms with Crippen molar-refractivity contribution in [1.82, 2.24) is 4.98 Å². The molecule has 1 heterocycles. The first-order chi connectivity index (χ1) is 9.61. The highest BCUT2D eigenvalue weighted by Gasteiger charge is 2.08. The van der Waals surface area contributed by atoms with E-state index in [0.29, 0.717) is 27.1 Å². The normalized spacial score (nSPS) is 10.2. The summed E-state index contributed by atoms with van der Waals surface area (Å²) in [6.45, 7) is 0.224. The maximum atomic E-state index is 11.3. The van der Waals surface area contributed by atoms with Gasteiger partial charge in [-0.15, -0.1) is 0 Å². The van der Waals surface area contributed by atoms with Crippen LogP contribution in [0.4, 0.5) is 0 Å². The van der Waals surface area contributed by atoms with Gasteiger partial charge in [-0.1, -0.05) is 29.3 Å². The molecule has 20 heavy (non-hydrogen) atoms. The lowest BCUT2D eigenvalue weighted by Gasteiger charge is -2.08. The summed E-state index contributed by atoms with van der Waals surface area (Å²) in [4.78, 5) is 15.4. The van der Waals surface area contributed by atoms with E-state index in [1.165, 1.54) is 13.3 Å². The van der Waals surface area contributed by atoms with Crippen LogP contribution >= 0.6 is 23.2 Å². The Morgan fingerprint density at radius 2 is 2.05 bits per heavy atom. The van der Waals surface area contributed by atoms with Gasteiger partial charge in [-0.25, -0.2) is 4.79 Å². The Labute approximate surface area is 126 Å². The molecule has 0 amide bonds. The highest BCUT2D eigenvalue weighted by Crippen LogP contribution is 2.31. The van der Waals surface area contributed by atoms with Crippen molar-refractivity contribution in [2.75, 3.05) is 7.11 Å². The third-order valence-electron chi connectivity index (χ3n) is 2.54. The van der Waals surface area contributed by atoms with E-state index >= 15 is 0 Å². The van der Waals surface area contributed by atoms with E-state index in [-0.39, 0.29) is 6.61 Å². The largest absolute Gasteiger partial charge is 0.486 e. The summed E-state index contributed by atoms with van der Waals surface area (Å²) in [5.41, 5.74) is 1.05. The van der Waals surface area contributed by atoms with Gasteiger partial charge in [0.05, 0.1) is 23.4 Å². The van der Waals surface area contributed by atoms with E-state index < -0.39 is 5.97 Å². The molecule has 0 saturated carbocycles. The first-order valence-corrected chi connectivity index (χ1v) is 6.47. The number of hydrogen-bond acceptors (Lipinski definition) is 4. The standard InChI is InChI=1S/C14H11Cl2NO3/c1-19-14(18)9-5-6-10(17-7-9)8-20-12-4-2-3-11(15)13(12)16/h2-7H,8H2,1H3. The molecule has 0 unspecified atom stereocenters. The highest BCUT2D eigenvalue weighted by atomic mass is 35.5. The van der Waals surface area contributed by atoms with Crippen molar-refractivity contribution in [2.24, 2.45) is 0 Å². The third kappa shape index (κ3) is 3.40. The summed E-state index contributed by atoms with van der Waals surface area (Å²) in [6.07, 6.45) is 1.43. The fourth-order valence-electron chi connectivity index (χ4n) is 1.50. The Morgan fingerprint density at radius 1 is 1.25 bits per heavy atom. The summed E-state index contributed by atoms with van der Waals surface area (Å²) in [6, 6.07) is 8.45. The van der Waals surface area contributed by atoms with E-state index in [1.54, 1.807) is 30.3 Å². The molecule has 1 aromatic carbocycles. The Morgan fingerprint density at radius 3 is 2.70 bits per heavy atom. The maximum Gasteiger partial charge on any atom is 0.339 e. The van der Waals surface area contributed by atoms with Crippen LogP contribution in [0.3, 0.4) is 0 Å². The van der Waals surface area contributed by atoms with Crippen LogP contribution in [0.15, 0.2) is 36.5 Å². The molecule has 6 heteroatoms. The number of methoxy groups -OCH3 is 1. The minimum absolute atomic E-state index is 0.224. The van der Waals surface area contributed by atoms with Gasteiger partial charge in [0, 0.05) is 6.20 Å². The number of carbonyl (C=O) groups excluding carboxylic acids is 1. The monoisotopic (exact) mass is 311 g/mol. The van der Waals surface area contributed by atoms with Crippen LogP contribution < -0.4 is 4.74 Å². The van der Waals surface area contributed by atoms with Gasteiger partial charge in [-0.05, 0) is 24.3 Å². The number of ether oxygens (including phenoxy) is 2. The number of benzene rings is 1. The number of nitrogens with zero attached hydrogens (tertiary/aromatic N) is 1. The molecule has 104 valence electrons. The van der Waals surface area contributed by atoms with E-state index in [9.17, 15) is 4.79 Å². The van der Waals surface area contributed by atoms with Gasteiger partial charge in [0.25, 0.3) is 0 Å². The molecule has 0 saturated heterocycles. The van der Waals surface area contributed by atoms with Crippen LogP contribution in [0.25, 0.3) is 0 Å². The first-order valence-electron chi connectivity index (χ1n) is 5.72. The highest BCUT2D eigenvalue weighted by molar-refractivity contribution is 6.42. The molecule has 0 atom stereocenters. The zero-order valence-electron chi connectivity index (χ0n) is 10.6. The minimum Gasteiger partial charge on any atom is -0.486 e. The number of pyridine rings is 1. The Balaban J connectivity index is 2.04. The number of esters is 1. The maximum absolute atomic E-state index is 11.3. The van der Waals surface area contributed by atoms with Gasteiger partial charge in [0.15, 0.2) is 0 Å². The van der Waals surface area contributed by atoms with Crippen LogP contribution in [0.1, 0.15) is 16.1 Å². The molecule has 0 fully saturated rings. The minimum atomic E-state index is -0.428. The smallest absolute Gasteiger partial charge is 0.339 e. The Kier molecular flexibility index (Phi) is 4.82. The molecule has 1 aromatic heterocycles. The predicted octanol–water partition coefficient (Wildman–Crippen LogP) is 3.75. The molecular weight excluding hydrogens is 301 g/mol. The summed E-state index contributed by atoms with van der Waals surface area (Å²) >= 11 is 11.9. The van der Waals surface area contributed by atoms with Crippen LogP contribution in [0, 0.1) is 0 Å². The van der Waals surface area contributed by atoms with Gasteiger partial charge in [-0.2, -0.15) is 0 Å². The van der Waals surface area contributed by atoms with Crippen LogP contribution in [0.5, 0.6) is 5.75 Å². The van der Waals surface area contributed by atoms with E-state index in [4.69, 9.17) is 27.9 Å². The molecule has 0 spiro atoms. The zero-order valence-corrected chi connectivity index (χ0v) is 12.1. The molecular formula is C14H11Cl2NO3. The van der Waals surface area contributed by atoms with Crippen LogP contribution in [-0.4, -0.2) is 18.1 Å². The van der Waals surface area contributed by atoms with Gasteiger partial charge < -0.3 is 9.47 Å². The zero-order chi connectivity index (χ0) is 14.5. The third-order valence-corrected chi connectivity index (χ3v) is 3.34. The second-order valence-corrected chi connectivity index (χ2v) is 4.66. The summed E-state index contributed by atoms with van der Waals surface area (Å²) in [7, 11) is 1.32. The fourth-order valence-corrected chi connectivity index (χ4v) is 1.84. The van der Waals surface area contributed by atoms with Crippen molar-refractivity contribution in [3.05, 3.63) is 57.8 Å². The lowest BCUT2D eigenvalue weighted by molar-refractivity contribution is 0.0600. The molecule has 2 rings (SSSR count). The molecule has 0 aliphatic carbocycles. The second kappa shape index (κ2) is 6.59. The molecule has 0 aliphatic heterocycles. The van der Waals surface area contributed by atoms with Crippen molar-refractivity contribution in [1.29, 1.82) is 0 Å². The van der Waals surface area contributed by atoms with E-state index in [2.05, 4.69) is 9.72 Å². The quantitative estimate of drug-likeness (QED) is 0.807. The van der Waals surface area contributed by atoms with Gasteiger partial charge in [0.2, 0.25) is 0 Å². The number of aromatic nitrogens is 1. The summed E-state index contributed by atoms with van der Waals surface area (Å²) in [5.74, 6) is 0.0564. The van der Waals surface area contributed by atoms with Gasteiger partial charge in [-0.3, -0.25) is 4.98 Å². The van der Waals surface area contributed by atoms with E-state index in [0.717, 1.165) is 0 Å². The predicted molar refractivity (Wildman–Crippen MR) is 76.4 cm³/mol. The second-order valence-electron chi connectivity index (χ2n) is 3.87. The van der Waals surface area contributed by atoms with Crippen LogP contribution in [-0.2, 0) is 11.3 Å². The molecule has 0 radical (unpaired) electrons. The number of carbonyl (C=O) groups is 1. The molecule has 2 aromatic rings. The van der Waals surface area contributed by atoms with Gasteiger partial charge >= 0.3 is 5.97 Å². The van der Waals surface area contributed by atoms with Crippen molar-refractivity contribution in [2.45, 2.75) is 6.61 Å². The molecule has 0 N–H and O–H groups in total. The van der Waals surface area contributed by atoms with Crippen molar-refractivity contribution < 1.29 is 14.3 Å². The van der Waals surface area contributed by atoms with Crippen molar-refractivity contribution >= 4 is 29.2 Å². The summed E-state index contributed by atoms with van der Waals surface area (Å²) in [5, 5.41) is 0.790. The fraction of sp³-hybridized carbons (Fsp3) is 0.143. The van der Waals surface area contributed by atoms with Gasteiger partial charge in [0.1, 0.15) is 17.4 Å². The lowest BCUT2D eigenvalue weighted by Crippen LogP contribution is -2.04. The molecule has 4 nitrogen and oxygen atoms in total. The first kappa shape index (κ1) is 14.6. The number of halogens is 2. The number of rotatable bonds is 4. The molecule has 0 aliphatic rings. The SMILES string of the molecule is COC(=O)c1ccc(COc2cccc(Cl)c2Cl)nc1. The lowest BCUT2D eigenvalue weighted by atomic mass is 10.2. The topological polar surface area (TPSA) is 48.4 Å². The Bertz CT molecular complexity index is 614.